The van der Waals surface area contributed by atoms with Gasteiger partial charge >= 0.3 is 5.97 Å². The standard InChI is InChI=1S/C49H81N9O10/c1-4-5-6-7-8-9-10-11-12-13-14-15-16-17-18-22-28-52-42-43(45(64)44(42)63)53-31-38(59)56-37(29-34-24-20-19-21-25-34)48(67)58-41(33(2)3)49(68)57-35(26-23-27-50)47(66)54-32-39(60)55-36(46(51)65)30-40(61)62/h19-21,24-25,33,35-37,41-43,52-53H,4-18,22-23,26-32,50H2,1-3H3,(H2,51,65)(H,54,66)(H,55,60)(H,56,59)(H,57,68)(H,58,67)(H,61,62). The predicted molar refractivity (Wildman–Crippen MR) is 259 cm³/mol. The number of ketones is 2. The molecule has 0 aromatic heterocycles. The molecule has 0 bridgehead atoms. The maximum atomic E-state index is 13.9. The van der Waals surface area contributed by atoms with Crippen LogP contribution in [0, 0.1) is 5.92 Å². The largest absolute Gasteiger partial charge is 0.481 e. The molecule has 0 saturated heterocycles. The van der Waals surface area contributed by atoms with Crippen LogP contribution in [0.15, 0.2) is 30.3 Å². The summed E-state index contributed by atoms with van der Waals surface area (Å²) in [6, 6.07) is 2.13. The number of rotatable bonds is 39. The van der Waals surface area contributed by atoms with Gasteiger partial charge in [0.15, 0.2) is 0 Å². The fourth-order valence-electron chi connectivity index (χ4n) is 7.95. The second-order valence-corrected chi connectivity index (χ2v) is 18.2. The van der Waals surface area contributed by atoms with Crippen LogP contribution in [-0.2, 0) is 49.6 Å². The van der Waals surface area contributed by atoms with Gasteiger partial charge in [-0.25, -0.2) is 0 Å². The summed E-state index contributed by atoms with van der Waals surface area (Å²) in [5.41, 5.74) is 11.5. The summed E-state index contributed by atoms with van der Waals surface area (Å²) in [5, 5.41) is 27.5. The SMILES string of the molecule is CCCCCCCCCCCCCCCCCCNC1C(=O)C(=O)C1NCC(=O)NC(Cc1ccccc1)C(=O)NC(C(=O)NC(CCCN)C(=O)NCC(=O)NC(CC(=O)O)C(N)=O)C(C)C. The topological polar surface area (TPSA) is 310 Å². The van der Waals surface area contributed by atoms with E-state index in [9.17, 15) is 43.2 Å². The number of carboxylic acids is 1. The molecule has 1 aliphatic carbocycles. The molecule has 6 atom stereocenters. The lowest BCUT2D eigenvalue weighted by Gasteiger charge is -2.34. The summed E-state index contributed by atoms with van der Waals surface area (Å²) in [6.07, 6.45) is 19.6. The Bertz CT molecular complexity index is 1750. The Morgan fingerprint density at radius 2 is 1.12 bits per heavy atom. The lowest BCUT2D eigenvalue weighted by Crippen LogP contribution is -2.70. The van der Waals surface area contributed by atoms with Crippen LogP contribution in [-0.4, -0.2) is 121 Å². The number of aliphatic carboxylic acids is 1. The van der Waals surface area contributed by atoms with E-state index in [4.69, 9.17) is 16.6 Å². The van der Waals surface area contributed by atoms with Crippen LogP contribution in [0.4, 0.5) is 0 Å². The molecule has 6 amide bonds. The van der Waals surface area contributed by atoms with Crippen molar-refractivity contribution in [1.82, 2.24) is 37.2 Å². The van der Waals surface area contributed by atoms with Crippen molar-refractivity contribution in [3.05, 3.63) is 35.9 Å². The molecule has 1 saturated carbocycles. The molecule has 1 aliphatic rings. The number of hydrogen-bond acceptors (Lipinski definition) is 12. The van der Waals surface area contributed by atoms with Crippen molar-refractivity contribution in [2.75, 3.05) is 26.2 Å². The minimum atomic E-state index is -1.51. The zero-order valence-electron chi connectivity index (χ0n) is 40.7. The Balaban J connectivity index is 1.91. The molecule has 1 fully saturated rings. The lowest BCUT2D eigenvalue weighted by atomic mass is 9.83. The molecular weight excluding hydrogens is 875 g/mol. The minimum Gasteiger partial charge on any atom is -0.481 e. The number of benzene rings is 1. The predicted octanol–water partition coefficient (Wildman–Crippen LogP) is 1.97. The summed E-state index contributed by atoms with van der Waals surface area (Å²) in [6.45, 7) is 5.28. The molecule has 0 heterocycles. The zero-order chi connectivity index (χ0) is 50.3. The molecule has 0 aliphatic heterocycles. The molecule has 0 spiro atoms. The van der Waals surface area contributed by atoms with Gasteiger partial charge in [-0.3, -0.25) is 48.5 Å². The number of carboxylic acid groups (broad SMARTS) is 1. The molecule has 12 N–H and O–H groups in total. The van der Waals surface area contributed by atoms with E-state index in [1.165, 1.54) is 83.5 Å². The Morgan fingerprint density at radius 1 is 0.603 bits per heavy atom. The van der Waals surface area contributed by atoms with Gasteiger partial charge in [-0.2, -0.15) is 0 Å². The number of nitrogens with one attached hydrogen (secondary N) is 7. The van der Waals surface area contributed by atoms with Crippen LogP contribution >= 0.6 is 0 Å². The van der Waals surface area contributed by atoms with Crippen molar-refractivity contribution in [2.45, 2.75) is 185 Å². The van der Waals surface area contributed by atoms with Crippen LogP contribution in [0.2, 0.25) is 0 Å². The fraction of sp³-hybridized carbons (Fsp3) is 0.694. The smallest absolute Gasteiger partial charge is 0.305 e. The fourth-order valence-corrected chi connectivity index (χ4v) is 7.95. The molecule has 1 aromatic rings. The summed E-state index contributed by atoms with van der Waals surface area (Å²) < 4.78 is 0. The molecule has 19 heteroatoms. The van der Waals surface area contributed by atoms with Crippen LogP contribution in [0.5, 0.6) is 0 Å². The average molecular weight is 956 g/mol. The van der Waals surface area contributed by atoms with Crippen LogP contribution < -0.4 is 48.7 Å². The van der Waals surface area contributed by atoms with E-state index >= 15 is 0 Å². The number of unbranched alkanes of at least 4 members (excludes halogenated alkanes) is 15. The maximum Gasteiger partial charge on any atom is 0.305 e. The summed E-state index contributed by atoms with van der Waals surface area (Å²) in [5.74, 6) is -7.87. The highest BCUT2D eigenvalue weighted by Gasteiger charge is 2.48. The van der Waals surface area contributed by atoms with Crippen molar-refractivity contribution < 1.29 is 48.3 Å². The molecule has 68 heavy (non-hydrogen) atoms. The van der Waals surface area contributed by atoms with Gasteiger partial charge in [0, 0.05) is 6.42 Å². The lowest BCUT2D eigenvalue weighted by molar-refractivity contribution is -0.147. The van der Waals surface area contributed by atoms with Crippen LogP contribution in [0.25, 0.3) is 0 Å². The first-order chi connectivity index (χ1) is 32.6. The molecule has 0 radical (unpaired) electrons. The quantitative estimate of drug-likeness (QED) is 0.0334. The molecule has 19 nitrogen and oxygen atoms in total. The van der Waals surface area contributed by atoms with Crippen molar-refractivity contribution in [3.8, 4) is 0 Å². The highest BCUT2D eigenvalue weighted by atomic mass is 16.4. The number of amides is 6. The number of carbonyl (C=O) groups is 9. The van der Waals surface area contributed by atoms with Gasteiger partial charge < -0.3 is 48.5 Å². The zero-order valence-corrected chi connectivity index (χ0v) is 40.7. The van der Waals surface area contributed by atoms with E-state index in [2.05, 4.69) is 44.1 Å². The third kappa shape index (κ3) is 23.6. The maximum absolute atomic E-state index is 13.9. The van der Waals surface area contributed by atoms with E-state index in [0.717, 1.165) is 19.3 Å². The van der Waals surface area contributed by atoms with Gasteiger partial charge in [0.2, 0.25) is 47.0 Å². The Morgan fingerprint density at radius 3 is 1.63 bits per heavy atom. The number of nitrogens with two attached hydrogens (primary N) is 2. The molecule has 1 aromatic carbocycles. The van der Waals surface area contributed by atoms with Crippen molar-refractivity contribution in [2.24, 2.45) is 17.4 Å². The van der Waals surface area contributed by atoms with Gasteiger partial charge in [-0.15, -0.1) is 0 Å². The summed E-state index contributed by atoms with van der Waals surface area (Å²) >= 11 is 0. The second kappa shape index (κ2) is 34.1. The number of carbonyl (C=O) groups excluding carboxylic acids is 8. The number of hydrogen-bond donors (Lipinski definition) is 10. The normalized spacial score (nSPS) is 16.2. The Labute approximate surface area is 402 Å². The number of primary amides is 1. The minimum absolute atomic E-state index is 0.0435. The first-order valence-corrected chi connectivity index (χ1v) is 24.9. The summed E-state index contributed by atoms with van der Waals surface area (Å²) in [4.78, 5) is 114. The van der Waals surface area contributed by atoms with E-state index in [1.807, 2.05) is 0 Å². The van der Waals surface area contributed by atoms with Gasteiger partial charge in [0.1, 0.15) is 24.2 Å². The molecular formula is C49H81N9O10. The van der Waals surface area contributed by atoms with Crippen molar-refractivity contribution >= 4 is 53.0 Å². The summed E-state index contributed by atoms with van der Waals surface area (Å²) in [7, 11) is 0. The monoisotopic (exact) mass is 956 g/mol. The van der Waals surface area contributed by atoms with E-state index in [0.29, 0.717) is 18.5 Å². The van der Waals surface area contributed by atoms with Crippen LogP contribution in [0.1, 0.15) is 148 Å². The molecule has 6 unspecified atom stereocenters. The third-order valence-electron chi connectivity index (χ3n) is 12.0. The third-order valence-corrected chi connectivity index (χ3v) is 12.0. The average Bonchev–Trinajstić information content (AvgIpc) is 3.30. The number of Topliss-reactive ketones (excluding diaryl/α,β-unsaturated/α-hetero) is 2. The Hall–Kier alpha value is -5.27. The van der Waals surface area contributed by atoms with E-state index < -0.39 is 108 Å². The van der Waals surface area contributed by atoms with E-state index in [1.54, 1.807) is 44.2 Å². The van der Waals surface area contributed by atoms with Gasteiger partial charge in [-0.1, -0.05) is 147 Å². The molecule has 2 rings (SSSR count). The Kier molecular flexibility index (Phi) is 29.5. The second-order valence-electron chi connectivity index (χ2n) is 18.2. The highest BCUT2D eigenvalue weighted by Crippen LogP contribution is 2.16. The van der Waals surface area contributed by atoms with Gasteiger partial charge in [0.05, 0.1) is 31.6 Å². The first-order valence-electron chi connectivity index (χ1n) is 24.9. The highest BCUT2D eigenvalue weighted by molar-refractivity contribution is 6.49. The van der Waals surface area contributed by atoms with E-state index in [-0.39, 0.29) is 25.9 Å². The van der Waals surface area contributed by atoms with Crippen molar-refractivity contribution in [1.29, 1.82) is 0 Å². The molecule has 382 valence electrons. The van der Waals surface area contributed by atoms with Gasteiger partial charge in [0.25, 0.3) is 0 Å². The van der Waals surface area contributed by atoms with Crippen LogP contribution in [0.3, 0.4) is 0 Å². The van der Waals surface area contributed by atoms with Crippen molar-refractivity contribution in [3.63, 3.8) is 0 Å². The van der Waals surface area contributed by atoms with Gasteiger partial charge in [-0.05, 0) is 43.8 Å². The first kappa shape index (κ1) is 58.9.